The molecule has 0 saturated heterocycles. The SMILES string of the molecule is Cc1cc(=O)oc2cc(NC(=S)Nc3cnn(Cc4ccccc4)c3)ccc12. The molecular formula is C21H18N4O2S. The van der Waals surface area contributed by atoms with Crippen LogP contribution in [0.3, 0.4) is 0 Å². The van der Waals surface area contributed by atoms with Crippen molar-refractivity contribution in [2.24, 2.45) is 0 Å². The molecule has 0 spiro atoms. The standard InChI is InChI=1S/C21H18N4O2S/c1-14-9-20(26)27-19-10-16(7-8-18(14)19)23-21(28)24-17-11-22-25(13-17)12-15-5-3-2-4-6-15/h2-11,13H,12H2,1H3,(H2,23,24,28). The van der Waals surface area contributed by atoms with Crippen LogP contribution in [0.25, 0.3) is 11.0 Å². The molecule has 0 aliphatic carbocycles. The highest BCUT2D eigenvalue weighted by Gasteiger charge is 2.06. The number of rotatable bonds is 4. The van der Waals surface area contributed by atoms with Gasteiger partial charge < -0.3 is 15.1 Å². The molecule has 6 nitrogen and oxygen atoms in total. The zero-order chi connectivity index (χ0) is 19.5. The second-order valence-electron chi connectivity index (χ2n) is 6.45. The molecule has 0 bridgehead atoms. The van der Waals surface area contributed by atoms with E-state index >= 15 is 0 Å². The van der Waals surface area contributed by atoms with Gasteiger partial charge in [0, 0.05) is 29.4 Å². The number of nitrogens with zero attached hydrogens (tertiary/aromatic N) is 2. The number of thiocarbonyl (C=S) groups is 1. The third kappa shape index (κ3) is 4.10. The Labute approximate surface area is 166 Å². The highest BCUT2D eigenvalue weighted by atomic mass is 32.1. The summed E-state index contributed by atoms with van der Waals surface area (Å²) in [7, 11) is 0. The van der Waals surface area contributed by atoms with E-state index < -0.39 is 0 Å². The van der Waals surface area contributed by atoms with Crippen LogP contribution >= 0.6 is 12.2 Å². The molecule has 4 aromatic rings. The van der Waals surface area contributed by atoms with Crippen molar-refractivity contribution in [3.8, 4) is 0 Å². The maximum atomic E-state index is 11.6. The van der Waals surface area contributed by atoms with Gasteiger partial charge in [-0.05, 0) is 42.4 Å². The smallest absolute Gasteiger partial charge is 0.336 e. The molecule has 2 aromatic carbocycles. The number of benzene rings is 2. The van der Waals surface area contributed by atoms with Crippen LogP contribution in [0.2, 0.25) is 0 Å². The fourth-order valence-corrected chi connectivity index (χ4v) is 3.22. The van der Waals surface area contributed by atoms with Crippen LogP contribution in [0.1, 0.15) is 11.1 Å². The van der Waals surface area contributed by atoms with Crippen molar-refractivity contribution in [2.75, 3.05) is 10.6 Å². The molecule has 0 radical (unpaired) electrons. The van der Waals surface area contributed by atoms with Crippen LogP contribution in [-0.4, -0.2) is 14.9 Å². The molecule has 0 aliphatic rings. The zero-order valence-electron chi connectivity index (χ0n) is 15.2. The predicted octanol–water partition coefficient (Wildman–Crippen LogP) is 4.16. The average Bonchev–Trinajstić information content (AvgIpc) is 3.08. The lowest BCUT2D eigenvalue weighted by Gasteiger charge is -2.10. The van der Waals surface area contributed by atoms with Gasteiger partial charge in [0.2, 0.25) is 0 Å². The fraction of sp³-hybridized carbons (Fsp3) is 0.0952. The number of fused-ring (bicyclic) bond motifs is 1. The summed E-state index contributed by atoms with van der Waals surface area (Å²) in [6.07, 6.45) is 3.61. The lowest BCUT2D eigenvalue weighted by molar-refractivity contribution is 0.560. The number of hydrogen-bond acceptors (Lipinski definition) is 4. The Kier molecular flexibility index (Phi) is 4.90. The quantitative estimate of drug-likeness (QED) is 0.403. The van der Waals surface area contributed by atoms with E-state index in [9.17, 15) is 4.79 Å². The van der Waals surface area contributed by atoms with E-state index in [1.807, 2.05) is 48.1 Å². The predicted molar refractivity (Wildman–Crippen MR) is 115 cm³/mol. The summed E-state index contributed by atoms with van der Waals surface area (Å²) in [5, 5.41) is 11.9. The van der Waals surface area contributed by atoms with Crippen LogP contribution in [-0.2, 0) is 6.54 Å². The summed E-state index contributed by atoms with van der Waals surface area (Å²) in [6.45, 7) is 2.57. The van der Waals surface area contributed by atoms with Crippen LogP contribution < -0.4 is 16.3 Å². The normalized spacial score (nSPS) is 10.8. The lowest BCUT2D eigenvalue weighted by Crippen LogP contribution is -2.18. The van der Waals surface area contributed by atoms with Crippen molar-refractivity contribution in [1.82, 2.24) is 9.78 Å². The van der Waals surface area contributed by atoms with Crippen molar-refractivity contribution < 1.29 is 4.42 Å². The highest BCUT2D eigenvalue weighted by Crippen LogP contribution is 2.21. The molecule has 140 valence electrons. The van der Waals surface area contributed by atoms with E-state index in [0.717, 1.165) is 22.3 Å². The Bertz CT molecular complexity index is 1200. The van der Waals surface area contributed by atoms with E-state index in [0.29, 0.717) is 17.2 Å². The third-order valence-corrected chi connectivity index (χ3v) is 4.49. The van der Waals surface area contributed by atoms with E-state index in [4.69, 9.17) is 16.6 Å². The molecule has 0 atom stereocenters. The zero-order valence-corrected chi connectivity index (χ0v) is 16.0. The first kappa shape index (κ1) is 17.9. The molecule has 0 aliphatic heterocycles. The summed E-state index contributed by atoms with van der Waals surface area (Å²) in [5.74, 6) is 0. The molecule has 0 saturated carbocycles. The Balaban J connectivity index is 1.43. The molecule has 2 heterocycles. The number of nitrogens with one attached hydrogen (secondary N) is 2. The van der Waals surface area contributed by atoms with Crippen molar-refractivity contribution >= 4 is 39.7 Å². The van der Waals surface area contributed by atoms with Crippen LogP contribution in [0, 0.1) is 6.92 Å². The minimum absolute atomic E-state index is 0.367. The van der Waals surface area contributed by atoms with E-state index in [1.54, 1.807) is 12.3 Å². The minimum atomic E-state index is -0.367. The number of anilines is 2. The number of aromatic nitrogens is 2. The van der Waals surface area contributed by atoms with Gasteiger partial charge in [-0.15, -0.1) is 0 Å². The van der Waals surface area contributed by atoms with Gasteiger partial charge in [-0.3, -0.25) is 4.68 Å². The molecule has 4 rings (SSSR count). The summed E-state index contributed by atoms with van der Waals surface area (Å²) in [4.78, 5) is 11.6. The van der Waals surface area contributed by atoms with E-state index in [1.165, 1.54) is 11.6 Å². The number of aryl methyl sites for hydroxylation is 1. The van der Waals surface area contributed by atoms with Crippen LogP contribution in [0.5, 0.6) is 0 Å². The number of hydrogen-bond donors (Lipinski definition) is 2. The van der Waals surface area contributed by atoms with Gasteiger partial charge >= 0.3 is 5.63 Å². The summed E-state index contributed by atoms with van der Waals surface area (Å²) in [6, 6.07) is 17.1. The largest absolute Gasteiger partial charge is 0.423 e. The summed E-state index contributed by atoms with van der Waals surface area (Å²) >= 11 is 5.38. The van der Waals surface area contributed by atoms with Gasteiger partial charge in [0.15, 0.2) is 5.11 Å². The lowest BCUT2D eigenvalue weighted by atomic mass is 10.1. The second-order valence-corrected chi connectivity index (χ2v) is 6.86. The van der Waals surface area contributed by atoms with Crippen molar-refractivity contribution in [1.29, 1.82) is 0 Å². The first-order valence-electron chi connectivity index (χ1n) is 8.76. The topological polar surface area (TPSA) is 72.1 Å². The maximum absolute atomic E-state index is 11.6. The molecule has 7 heteroatoms. The van der Waals surface area contributed by atoms with Gasteiger partial charge in [0.1, 0.15) is 5.58 Å². The minimum Gasteiger partial charge on any atom is -0.423 e. The van der Waals surface area contributed by atoms with Gasteiger partial charge in [0.05, 0.1) is 18.4 Å². The van der Waals surface area contributed by atoms with Gasteiger partial charge in [0.25, 0.3) is 0 Å². The van der Waals surface area contributed by atoms with Gasteiger partial charge in [-0.25, -0.2) is 4.79 Å². The summed E-state index contributed by atoms with van der Waals surface area (Å²) in [5.41, 5.74) is 3.73. The molecule has 2 aromatic heterocycles. The van der Waals surface area contributed by atoms with E-state index in [-0.39, 0.29) is 5.63 Å². The molecule has 0 fully saturated rings. The Morgan fingerprint density at radius 2 is 1.89 bits per heavy atom. The summed E-state index contributed by atoms with van der Waals surface area (Å²) < 4.78 is 7.11. The fourth-order valence-electron chi connectivity index (χ4n) is 2.98. The highest BCUT2D eigenvalue weighted by molar-refractivity contribution is 7.80. The third-order valence-electron chi connectivity index (χ3n) is 4.29. The van der Waals surface area contributed by atoms with Crippen LogP contribution in [0.15, 0.2) is 76.2 Å². The Morgan fingerprint density at radius 3 is 2.71 bits per heavy atom. The van der Waals surface area contributed by atoms with Crippen molar-refractivity contribution in [2.45, 2.75) is 13.5 Å². The molecule has 0 unspecified atom stereocenters. The monoisotopic (exact) mass is 390 g/mol. The average molecular weight is 390 g/mol. The first-order valence-corrected chi connectivity index (χ1v) is 9.16. The Hall–Kier alpha value is -3.45. The van der Waals surface area contributed by atoms with Gasteiger partial charge in [-0.1, -0.05) is 30.3 Å². The first-order chi connectivity index (χ1) is 13.6. The maximum Gasteiger partial charge on any atom is 0.336 e. The van der Waals surface area contributed by atoms with Crippen molar-refractivity contribution in [3.05, 3.63) is 88.5 Å². The second kappa shape index (κ2) is 7.66. The van der Waals surface area contributed by atoms with E-state index in [2.05, 4.69) is 27.9 Å². The van der Waals surface area contributed by atoms with Gasteiger partial charge in [-0.2, -0.15) is 5.10 Å². The molecule has 0 amide bonds. The molecule has 28 heavy (non-hydrogen) atoms. The Morgan fingerprint density at radius 1 is 1.11 bits per heavy atom. The van der Waals surface area contributed by atoms with Crippen molar-refractivity contribution in [3.63, 3.8) is 0 Å². The molecular weight excluding hydrogens is 372 g/mol. The van der Waals surface area contributed by atoms with Crippen LogP contribution in [0.4, 0.5) is 11.4 Å². The molecule has 2 N–H and O–H groups in total.